The number of nitrogens with one attached hydrogen (secondary N) is 1. The standard InChI is InChI=1S/C28H20F3N5O/c1-16-10-11-17(25-20(26(32)37)8-5-9-22(25)28(29,30)31)12-21(16)23-13-18-14-34-27(36-24(18)15-33-23)35-19-6-3-2-4-7-19/h2-15H,1H3,(H2,32,37)(H,34,35,36). The van der Waals surface area contributed by atoms with Crippen molar-refractivity contribution in [2.75, 3.05) is 5.32 Å². The number of rotatable bonds is 5. The third-order valence-corrected chi connectivity index (χ3v) is 5.93. The van der Waals surface area contributed by atoms with Crippen molar-refractivity contribution in [1.29, 1.82) is 0 Å². The van der Waals surface area contributed by atoms with E-state index in [-0.39, 0.29) is 16.7 Å². The number of aryl methyl sites for hydroxylation is 1. The predicted octanol–water partition coefficient (Wildman–Crippen LogP) is 6.53. The first kappa shape index (κ1) is 23.9. The lowest BCUT2D eigenvalue weighted by atomic mass is 9.90. The summed E-state index contributed by atoms with van der Waals surface area (Å²) >= 11 is 0. The maximum absolute atomic E-state index is 13.8. The number of anilines is 2. The highest BCUT2D eigenvalue weighted by Crippen LogP contribution is 2.40. The molecule has 1 amide bonds. The molecule has 0 aliphatic rings. The van der Waals surface area contributed by atoms with Crippen LogP contribution in [0.3, 0.4) is 0 Å². The summed E-state index contributed by atoms with van der Waals surface area (Å²) in [5.41, 5.74) is 7.62. The van der Waals surface area contributed by atoms with Gasteiger partial charge in [-0.15, -0.1) is 0 Å². The van der Waals surface area contributed by atoms with Gasteiger partial charge in [-0.25, -0.2) is 9.97 Å². The number of nitrogens with zero attached hydrogens (tertiary/aromatic N) is 3. The molecule has 6 nitrogen and oxygen atoms in total. The van der Waals surface area contributed by atoms with Crippen LogP contribution in [0.2, 0.25) is 0 Å². The number of fused-ring (bicyclic) bond motifs is 1. The number of carbonyl (C=O) groups is 1. The van der Waals surface area contributed by atoms with Gasteiger partial charge in [0, 0.05) is 34.0 Å². The highest BCUT2D eigenvalue weighted by molar-refractivity contribution is 6.01. The lowest BCUT2D eigenvalue weighted by Gasteiger charge is -2.17. The van der Waals surface area contributed by atoms with Crippen molar-refractivity contribution in [3.63, 3.8) is 0 Å². The molecule has 0 spiro atoms. The molecule has 2 heterocycles. The lowest BCUT2D eigenvalue weighted by Crippen LogP contribution is -2.16. The van der Waals surface area contributed by atoms with Gasteiger partial charge < -0.3 is 11.1 Å². The van der Waals surface area contributed by atoms with Gasteiger partial charge in [-0.2, -0.15) is 13.2 Å². The molecule has 0 aliphatic heterocycles. The molecule has 5 aromatic rings. The van der Waals surface area contributed by atoms with Crippen LogP contribution in [0.25, 0.3) is 33.3 Å². The number of nitrogens with two attached hydrogens (primary N) is 1. The molecule has 0 saturated heterocycles. The van der Waals surface area contributed by atoms with Crippen molar-refractivity contribution in [3.05, 3.63) is 102 Å². The average molecular weight is 499 g/mol. The van der Waals surface area contributed by atoms with E-state index in [1.165, 1.54) is 12.1 Å². The molecule has 0 atom stereocenters. The second kappa shape index (κ2) is 9.34. The van der Waals surface area contributed by atoms with Gasteiger partial charge in [0.15, 0.2) is 0 Å². The van der Waals surface area contributed by atoms with Gasteiger partial charge in [0.05, 0.1) is 23.0 Å². The van der Waals surface area contributed by atoms with Gasteiger partial charge in [-0.05, 0) is 54.4 Å². The zero-order valence-corrected chi connectivity index (χ0v) is 19.5. The van der Waals surface area contributed by atoms with Crippen LogP contribution >= 0.6 is 0 Å². The summed E-state index contributed by atoms with van der Waals surface area (Å²) in [5.74, 6) is -0.529. The monoisotopic (exact) mass is 499 g/mol. The maximum atomic E-state index is 13.8. The van der Waals surface area contributed by atoms with E-state index in [1.807, 2.05) is 37.3 Å². The molecule has 2 aromatic heterocycles. The van der Waals surface area contributed by atoms with E-state index in [0.717, 1.165) is 17.3 Å². The molecule has 5 rings (SSSR count). The van der Waals surface area contributed by atoms with Crippen LogP contribution in [0.4, 0.5) is 24.8 Å². The first-order chi connectivity index (χ1) is 17.7. The molecule has 0 bridgehead atoms. The van der Waals surface area contributed by atoms with Crippen LogP contribution in [0.15, 0.2) is 85.2 Å². The summed E-state index contributed by atoms with van der Waals surface area (Å²) < 4.78 is 41.5. The van der Waals surface area contributed by atoms with Crippen LogP contribution < -0.4 is 11.1 Å². The zero-order valence-electron chi connectivity index (χ0n) is 19.5. The van der Waals surface area contributed by atoms with E-state index in [9.17, 15) is 18.0 Å². The Bertz CT molecular complexity index is 1640. The van der Waals surface area contributed by atoms with Crippen LogP contribution in [0, 0.1) is 6.92 Å². The summed E-state index contributed by atoms with van der Waals surface area (Å²) in [6, 6.07) is 19.5. The Morgan fingerprint density at radius 2 is 1.70 bits per heavy atom. The molecular weight excluding hydrogens is 479 g/mol. The summed E-state index contributed by atoms with van der Waals surface area (Å²) in [5, 5.41) is 3.84. The fourth-order valence-corrected chi connectivity index (χ4v) is 4.15. The van der Waals surface area contributed by atoms with Crippen molar-refractivity contribution in [1.82, 2.24) is 15.0 Å². The minimum absolute atomic E-state index is 0.206. The summed E-state index contributed by atoms with van der Waals surface area (Å²) in [7, 11) is 0. The largest absolute Gasteiger partial charge is 0.417 e. The number of halogens is 3. The minimum Gasteiger partial charge on any atom is -0.366 e. The van der Waals surface area contributed by atoms with Gasteiger partial charge in [0.25, 0.3) is 0 Å². The lowest BCUT2D eigenvalue weighted by molar-refractivity contribution is -0.137. The van der Waals surface area contributed by atoms with Gasteiger partial charge in [-0.1, -0.05) is 36.4 Å². The van der Waals surface area contributed by atoms with Crippen LogP contribution in [0.5, 0.6) is 0 Å². The minimum atomic E-state index is -4.67. The Morgan fingerprint density at radius 3 is 2.43 bits per heavy atom. The van der Waals surface area contributed by atoms with Gasteiger partial charge in [-0.3, -0.25) is 9.78 Å². The smallest absolute Gasteiger partial charge is 0.366 e. The van der Waals surface area contributed by atoms with E-state index in [4.69, 9.17) is 5.73 Å². The van der Waals surface area contributed by atoms with Crippen molar-refractivity contribution in [2.24, 2.45) is 5.73 Å². The molecule has 0 saturated carbocycles. The number of carbonyl (C=O) groups excluding carboxylic acids is 1. The summed E-state index contributed by atoms with van der Waals surface area (Å²) in [6.07, 6.45) is -1.43. The molecule has 0 unspecified atom stereocenters. The van der Waals surface area contributed by atoms with Gasteiger partial charge in [0.1, 0.15) is 0 Å². The van der Waals surface area contributed by atoms with Gasteiger partial charge in [0.2, 0.25) is 11.9 Å². The van der Waals surface area contributed by atoms with Crippen LogP contribution in [-0.4, -0.2) is 20.9 Å². The van der Waals surface area contributed by atoms with Crippen molar-refractivity contribution in [2.45, 2.75) is 13.1 Å². The molecule has 0 aliphatic carbocycles. The number of alkyl halides is 3. The quantitative estimate of drug-likeness (QED) is 0.287. The third-order valence-electron chi connectivity index (χ3n) is 5.93. The second-order valence-electron chi connectivity index (χ2n) is 8.43. The van der Waals surface area contributed by atoms with Crippen molar-refractivity contribution >= 4 is 28.4 Å². The number of primary amides is 1. The van der Waals surface area contributed by atoms with Crippen molar-refractivity contribution < 1.29 is 18.0 Å². The number of amides is 1. The average Bonchev–Trinajstić information content (AvgIpc) is 2.88. The fraction of sp³-hybridized carbons (Fsp3) is 0.0714. The second-order valence-corrected chi connectivity index (χ2v) is 8.43. The Labute approximate surface area is 210 Å². The number of benzene rings is 3. The molecule has 184 valence electrons. The van der Waals surface area contributed by atoms with Crippen LogP contribution in [0.1, 0.15) is 21.5 Å². The number of hydrogen-bond acceptors (Lipinski definition) is 5. The fourth-order valence-electron chi connectivity index (χ4n) is 4.15. The number of para-hydroxylation sites is 1. The van der Waals surface area contributed by atoms with Crippen LogP contribution in [-0.2, 0) is 6.18 Å². The predicted molar refractivity (Wildman–Crippen MR) is 136 cm³/mol. The Hall–Kier alpha value is -4.79. The topological polar surface area (TPSA) is 93.8 Å². The van der Waals surface area contributed by atoms with E-state index in [0.29, 0.717) is 28.1 Å². The van der Waals surface area contributed by atoms with E-state index < -0.39 is 17.6 Å². The number of aromatic nitrogens is 3. The highest BCUT2D eigenvalue weighted by atomic mass is 19.4. The highest BCUT2D eigenvalue weighted by Gasteiger charge is 2.35. The molecule has 3 N–H and O–H groups in total. The maximum Gasteiger partial charge on any atom is 0.417 e. The van der Waals surface area contributed by atoms with E-state index >= 15 is 0 Å². The first-order valence-corrected chi connectivity index (χ1v) is 11.3. The molecule has 0 radical (unpaired) electrons. The number of pyridine rings is 1. The molecule has 3 aromatic carbocycles. The van der Waals surface area contributed by atoms with E-state index in [2.05, 4.69) is 20.3 Å². The third kappa shape index (κ3) is 4.84. The molecular formula is C28H20F3N5O. The van der Waals surface area contributed by atoms with Crippen molar-refractivity contribution in [3.8, 4) is 22.4 Å². The normalized spacial score (nSPS) is 11.5. The Kier molecular flexibility index (Phi) is 6.04. The number of hydrogen-bond donors (Lipinski definition) is 2. The van der Waals surface area contributed by atoms with E-state index in [1.54, 1.807) is 36.7 Å². The zero-order chi connectivity index (χ0) is 26.2. The molecule has 0 fully saturated rings. The Balaban J connectivity index is 1.58. The SMILES string of the molecule is Cc1ccc(-c2c(C(N)=O)cccc2C(F)(F)F)cc1-c1cc2cnc(Nc3ccccc3)nc2cn1. The molecule has 9 heteroatoms. The summed E-state index contributed by atoms with van der Waals surface area (Å²) in [6.45, 7) is 1.83. The molecule has 37 heavy (non-hydrogen) atoms. The first-order valence-electron chi connectivity index (χ1n) is 11.3. The Morgan fingerprint density at radius 1 is 0.919 bits per heavy atom. The van der Waals surface area contributed by atoms with Gasteiger partial charge >= 0.3 is 6.18 Å². The summed E-state index contributed by atoms with van der Waals surface area (Å²) in [4.78, 5) is 25.4.